The number of hydrogen-bond donors (Lipinski definition) is 0. The predicted octanol–water partition coefficient (Wildman–Crippen LogP) is 16.4. The van der Waals surface area contributed by atoms with Gasteiger partial charge in [0, 0.05) is 19.3 Å². The average Bonchev–Trinajstić information content (AvgIpc) is 3.27. The second-order valence-corrected chi connectivity index (χ2v) is 16.2. The Bertz CT molecular complexity index is 1310. The third-order valence-corrected chi connectivity index (χ3v) is 10.2. The van der Waals surface area contributed by atoms with E-state index in [1.165, 1.54) is 77.0 Å². The van der Waals surface area contributed by atoms with Gasteiger partial charge in [-0.15, -0.1) is 0 Å². The van der Waals surface area contributed by atoms with Crippen LogP contribution in [0.4, 0.5) is 0 Å². The van der Waals surface area contributed by atoms with Gasteiger partial charge in [-0.05, 0) is 57.8 Å². The molecular formula is C56H90O6. The summed E-state index contributed by atoms with van der Waals surface area (Å²) in [7, 11) is 0. The van der Waals surface area contributed by atoms with Crippen molar-refractivity contribution in [1.29, 1.82) is 0 Å². The molecule has 0 aliphatic heterocycles. The minimum atomic E-state index is -0.802. The van der Waals surface area contributed by atoms with Crippen LogP contribution >= 0.6 is 0 Å². The highest BCUT2D eigenvalue weighted by atomic mass is 16.6. The molecule has 0 radical (unpaired) electrons. The zero-order valence-electron chi connectivity index (χ0n) is 39.8. The van der Waals surface area contributed by atoms with Gasteiger partial charge in [-0.3, -0.25) is 14.4 Å². The summed E-state index contributed by atoms with van der Waals surface area (Å²) in [5.41, 5.74) is 0. The molecule has 0 aromatic carbocycles. The number of carbonyl (C=O) groups is 3. The Morgan fingerprint density at radius 1 is 0.339 bits per heavy atom. The molecule has 0 rings (SSSR count). The van der Waals surface area contributed by atoms with Crippen LogP contribution in [0, 0.1) is 0 Å². The van der Waals surface area contributed by atoms with Gasteiger partial charge in [0.05, 0.1) is 0 Å². The monoisotopic (exact) mass is 859 g/mol. The van der Waals surface area contributed by atoms with Crippen LogP contribution < -0.4 is 0 Å². The van der Waals surface area contributed by atoms with Crippen LogP contribution in [-0.4, -0.2) is 37.2 Å². The molecule has 0 aromatic rings. The predicted molar refractivity (Wildman–Crippen MR) is 265 cm³/mol. The summed E-state index contributed by atoms with van der Waals surface area (Å²) in [5.74, 6) is -0.961. The summed E-state index contributed by atoms with van der Waals surface area (Å²) in [5, 5.41) is 0. The van der Waals surface area contributed by atoms with Crippen LogP contribution in [0.25, 0.3) is 0 Å². The van der Waals surface area contributed by atoms with Crippen molar-refractivity contribution in [3.05, 3.63) is 109 Å². The maximum Gasteiger partial charge on any atom is 0.306 e. The van der Waals surface area contributed by atoms with Crippen LogP contribution in [0.1, 0.15) is 207 Å². The second kappa shape index (κ2) is 49.7. The molecule has 350 valence electrons. The number of esters is 3. The van der Waals surface area contributed by atoms with Gasteiger partial charge >= 0.3 is 17.9 Å². The fraction of sp³-hybridized carbons (Fsp3) is 0.625. The molecule has 0 amide bonds. The van der Waals surface area contributed by atoms with Crippen LogP contribution in [0.5, 0.6) is 0 Å². The zero-order valence-corrected chi connectivity index (χ0v) is 39.8. The molecule has 1 atom stereocenters. The SMILES string of the molecule is CC\C=C/C=C\C=C/C=C\C=C\C=C/CCCCCC(=O)OCC(COC(=O)CCCCCCCCCCCCCC)OC(=O)CCCCCCCCC\C=C/C=C\C=C/CC. The number of rotatable bonds is 43. The first kappa shape index (κ1) is 58.1. The highest BCUT2D eigenvalue weighted by Gasteiger charge is 2.19. The highest BCUT2D eigenvalue weighted by Crippen LogP contribution is 2.14. The summed E-state index contributed by atoms with van der Waals surface area (Å²) in [6.07, 6.45) is 66.3. The minimum absolute atomic E-state index is 0.0982. The molecule has 0 saturated carbocycles. The average molecular weight is 859 g/mol. The molecule has 0 aliphatic rings. The van der Waals surface area contributed by atoms with E-state index in [4.69, 9.17) is 14.2 Å². The first-order valence-electron chi connectivity index (χ1n) is 25.0. The summed E-state index contributed by atoms with van der Waals surface area (Å²) in [4.78, 5) is 37.9. The molecule has 1 unspecified atom stereocenters. The van der Waals surface area contributed by atoms with Gasteiger partial charge in [-0.2, -0.15) is 0 Å². The molecule has 0 aliphatic carbocycles. The molecular weight excluding hydrogens is 769 g/mol. The summed E-state index contributed by atoms with van der Waals surface area (Å²) < 4.78 is 16.7. The Hall–Kier alpha value is -3.93. The maximum atomic E-state index is 12.8. The summed E-state index contributed by atoms with van der Waals surface area (Å²) in [6.45, 7) is 6.30. The van der Waals surface area contributed by atoms with Crippen molar-refractivity contribution in [3.8, 4) is 0 Å². The molecule has 6 nitrogen and oxygen atoms in total. The van der Waals surface area contributed by atoms with Crippen molar-refractivity contribution in [2.24, 2.45) is 0 Å². The highest BCUT2D eigenvalue weighted by molar-refractivity contribution is 5.71. The molecule has 6 heteroatoms. The number of unbranched alkanes of at least 4 members (excludes halogenated alkanes) is 21. The normalized spacial score (nSPS) is 13.0. The number of carbonyl (C=O) groups excluding carboxylic acids is 3. The first-order valence-corrected chi connectivity index (χ1v) is 25.0. The number of ether oxygens (including phenoxy) is 3. The van der Waals surface area contributed by atoms with Crippen molar-refractivity contribution < 1.29 is 28.6 Å². The molecule has 62 heavy (non-hydrogen) atoms. The Kier molecular flexibility index (Phi) is 46.6. The van der Waals surface area contributed by atoms with Gasteiger partial charge in [0.15, 0.2) is 6.10 Å². The van der Waals surface area contributed by atoms with Crippen molar-refractivity contribution in [2.75, 3.05) is 13.2 Å². The lowest BCUT2D eigenvalue weighted by molar-refractivity contribution is -0.167. The van der Waals surface area contributed by atoms with Crippen molar-refractivity contribution in [2.45, 2.75) is 213 Å². The van der Waals surface area contributed by atoms with Gasteiger partial charge in [0.2, 0.25) is 0 Å². The van der Waals surface area contributed by atoms with Crippen molar-refractivity contribution in [1.82, 2.24) is 0 Å². The van der Waals surface area contributed by atoms with Crippen molar-refractivity contribution >= 4 is 17.9 Å². The van der Waals surface area contributed by atoms with Gasteiger partial charge in [-0.25, -0.2) is 0 Å². The van der Waals surface area contributed by atoms with E-state index in [9.17, 15) is 14.4 Å². The van der Waals surface area contributed by atoms with Gasteiger partial charge in [0.1, 0.15) is 13.2 Å². The van der Waals surface area contributed by atoms with E-state index in [2.05, 4.69) is 69.4 Å². The smallest absolute Gasteiger partial charge is 0.306 e. The van der Waals surface area contributed by atoms with E-state index in [0.29, 0.717) is 19.3 Å². The largest absolute Gasteiger partial charge is 0.462 e. The van der Waals surface area contributed by atoms with Gasteiger partial charge in [0.25, 0.3) is 0 Å². The Labute approximate surface area is 380 Å². The lowest BCUT2D eigenvalue weighted by atomic mass is 10.0. The Balaban J connectivity index is 4.51. The lowest BCUT2D eigenvalue weighted by Gasteiger charge is -2.18. The minimum Gasteiger partial charge on any atom is -0.462 e. The van der Waals surface area contributed by atoms with E-state index in [-0.39, 0.29) is 31.1 Å². The van der Waals surface area contributed by atoms with Crippen LogP contribution in [0.2, 0.25) is 0 Å². The van der Waals surface area contributed by atoms with Gasteiger partial charge < -0.3 is 14.2 Å². The van der Waals surface area contributed by atoms with Crippen LogP contribution in [0.3, 0.4) is 0 Å². The van der Waals surface area contributed by atoms with E-state index in [1.54, 1.807) is 0 Å². The third-order valence-electron chi connectivity index (χ3n) is 10.2. The quantitative estimate of drug-likeness (QED) is 0.0263. The Morgan fingerprint density at radius 3 is 1.00 bits per heavy atom. The van der Waals surface area contributed by atoms with E-state index >= 15 is 0 Å². The first-order chi connectivity index (χ1) is 30.5. The maximum absolute atomic E-state index is 12.8. The van der Waals surface area contributed by atoms with E-state index < -0.39 is 6.10 Å². The summed E-state index contributed by atoms with van der Waals surface area (Å²) >= 11 is 0. The zero-order chi connectivity index (χ0) is 45.1. The molecule has 0 bridgehead atoms. The fourth-order valence-electron chi connectivity index (χ4n) is 6.53. The summed E-state index contributed by atoms with van der Waals surface area (Å²) in [6, 6.07) is 0. The van der Waals surface area contributed by atoms with E-state index in [1.807, 2.05) is 60.8 Å². The second-order valence-electron chi connectivity index (χ2n) is 16.2. The van der Waals surface area contributed by atoms with E-state index in [0.717, 1.165) is 89.9 Å². The Morgan fingerprint density at radius 2 is 0.629 bits per heavy atom. The molecule has 0 heterocycles. The number of hydrogen-bond acceptors (Lipinski definition) is 6. The molecule has 0 spiro atoms. The lowest BCUT2D eigenvalue weighted by Crippen LogP contribution is -2.30. The topological polar surface area (TPSA) is 78.9 Å². The molecule has 0 N–H and O–H groups in total. The standard InChI is InChI=1S/C56H90O6/c1-4-7-10-13-16-19-22-25-27-28-30-31-34-37-40-43-46-49-55(58)61-52-53(51-60-54(57)48-45-42-39-36-33-24-21-18-15-12-9-6-3)62-56(59)50-47-44-41-38-35-32-29-26-23-20-17-14-11-8-5-2/h7-8,10-11,13-14,16-17,19-20,22-23,25,27-28,30-31,34,53H,4-6,9,12,15,18,21,24,26,29,32-33,35-52H2,1-3H3/b10-7-,11-8-,16-13-,17-14-,22-19-,23-20-,27-25-,30-28+,34-31-. The van der Waals surface area contributed by atoms with Crippen LogP contribution in [0.15, 0.2) is 109 Å². The fourth-order valence-corrected chi connectivity index (χ4v) is 6.53. The van der Waals surface area contributed by atoms with Gasteiger partial charge in [-0.1, -0.05) is 239 Å². The molecule has 0 saturated heterocycles. The third kappa shape index (κ3) is 47.1. The molecule has 0 aromatic heterocycles. The number of allylic oxidation sites excluding steroid dienone is 18. The van der Waals surface area contributed by atoms with Crippen molar-refractivity contribution in [3.63, 3.8) is 0 Å². The van der Waals surface area contributed by atoms with Crippen LogP contribution in [-0.2, 0) is 28.6 Å². The molecule has 0 fully saturated rings.